The summed E-state index contributed by atoms with van der Waals surface area (Å²) in [6.45, 7) is 4.81. The molecule has 0 atom stereocenters. The van der Waals surface area contributed by atoms with Crippen molar-refractivity contribution in [3.63, 3.8) is 0 Å². The highest BCUT2D eigenvalue weighted by Gasteiger charge is 2.22. The van der Waals surface area contributed by atoms with Gasteiger partial charge in [0.2, 0.25) is 5.95 Å². The minimum absolute atomic E-state index is 0.0968. The topological polar surface area (TPSA) is 123 Å². The monoisotopic (exact) mass is 455 g/mol. The van der Waals surface area contributed by atoms with Crippen LogP contribution in [0.3, 0.4) is 0 Å². The van der Waals surface area contributed by atoms with Crippen molar-refractivity contribution in [2.75, 3.05) is 24.2 Å². The number of aromatic nitrogens is 7. The summed E-state index contributed by atoms with van der Waals surface area (Å²) in [6, 6.07) is 13.7. The molecule has 0 aliphatic heterocycles. The van der Waals surface area contributed by atoms with Gasteiger partial charge in [0.1, 0.15) is 0 Å². The maximum absolute atomic E-state index is 13.3. The van der Waals surface area contributed by atoms with E-state index in [-0.39, 0.29) is 11.6 Å². The second-order valence-corrected chi connectivity index (χ2v) is 8.24. The van der Waals surface area contributed by atoms with Crippen LogP contribution in [0.2, 0.25) is 0 Å². The zero-order valence-electron chi connectivity index (χ0n) is 19.2. The number of hydrogen-bond donors (Lipinski definition) is 2. The van der Waals surface area contributed by atoms with Crippen molar-refractivity contribution in [1.82, 2.24) is 34.3 Å². The van der Waals surface area contributed by atoms with E-state index in [1.54, 1.807) is 12.4 Å². The largest absolute Gasteiger partial charge is 0.370 e. The van der Waals surface area contributed by atoms with Crippen LogP contribution in [0, 0.1) is 13.8 Å². The van der Waals surface area contributed by atoms with Gasteiger partial charge in [0, 0.05) is 36.7 Å². The molecule has 0 aliphatic rings. The predicted octanol–water partition coefficient (Wildman–Crippen LogP) is 2.68. The third kappa shape index (κ3) is 3.79. The smallest absolute Gasteiger partial charge is 0.353 e. The Morgan fingerprint density at radius 2 is 1.79 bits per heavy atom. The van der Waals surface area contributed by atoms with Gasteiger partial charge in [-0.1, -0.05) is 30.3 Å². The number of aromatic amines is 1. The third-order valence-electron chi connectivity index (χ3n) is 5.74. The Balaban J connectivity index is 1.70. The maximum Gasteiger partial charge on any atom is 0.353 e. The number of hydrogen-bond acceptors (Lipinski definition) is 7. The number of H-pyrrole nitrogens is 1. The van der Waals surface area contributed by atoms with E-state index in [1.165, 1.54) is 9.08 Å². The highest BCUT2D eigenvalue weighted by Crippen LogP contribution is 2.34. The average molecular weight is 456 g/mol. The van der Waals surface area contributed by atoms with Gasteiger partial charge in [0.25, 0.3) is 0 Å². The number of anilines is 2. The summed E-state index contributed by atoms with van der Waals surface area (Å²) < 4.78 is 2.81. The Labute approximate surface area is 195 Å². The molecule has 0 radical (unpaired) electrons. The molecule has 0 bridgehead atoms. The zero-order valence-corrected chi connectivity index (χ0v) is 19.2. The van der Waals surface area contributed by atoms with Gasteiger partial charge < -0.3 is 10.6 Å². The molecule has 34 heavy (non-hydrogen) atoms. The fourth-order valence-electron chi connectivity index (χ4n) is 4.12. The molecule has 0 spiro atoms. The third-order valence-corrected chi connectivity index (χ3v) is 5.74. The van der Waals surface area contributed by atoms with Crippen molar-refractivity contribution in [1.29, 1.82) is 0 Å². The molecule has 0 aliphatic carbocycles. The normalized spacial score (nSPS) is 11.3. The molecule has 0 amide bonds. The molecule has 172 valence electrons. The molecular formula is C24H25N9O. The van der Waals surface area contributed by atoms with Gasteiger partial charge >= 0.3 is 5.69 Å². The molecule has 4 aromatic heterocycles. The molecule has 3 N–H and O–H groups in total. The number of nitrogens with two attached hydrogens (primary N) is 1. The number of fused-ring (bicyclic) bond motifs is 1. The summed E-state index contributed by atoms with van der Waals surface area (Å²) >= 11 is 0. The summed E-state index contributed by atoms with van der Waals surface area (Å²) in [7, 11) is 1.93. The van der Waals surface area contributed by atoms with Gasteiger partial charge in [-0.25, -0.2) is 18.9 Å². The maximum atomic E-state index is 13.3. The molecule has 4 heterocycles. The van der Waals surface area contributed by atoms with E-state index in [1.807, 2.05) is 68.3 Å². The number of likely N-dealkylation sites (N-methyl/N-ethyl adjacent to an activating group) is 1. The van der Waals surface area contributed by atoms with E-state index in [0.717, 1.165) is 33.8 Å². The number of nitrogens with one attached hydrogen (secondary N) is 1. The molecule has 1 aromatic carbocycles. The molecule has 0 saturated carbocycles. The van der Waals surface area contributed by atoms with Gasteiger partial charge in [-0.3, -0.25) is 10.1 Å². The van der Waals surface area contributed by atoms with E-state index < -0.39 is 0 Å². The second kappa shape index (κ2) is 8.47. The molecule has 5 aromatic rings. The number of nitrogens with zero attached hydrogens (tertiary/aromatic N) is 7. The first-order chi connectivity index (χ1) is 16.4. The summed E-state index contributed by atoms with van der Waals surface area (Å²) in [6.07, 6.45) is 3.53. The van der Waals surface area contributed by atoms with E-state index in [2.05, 4.69) is 20.2 Å². The average Bonchev–Trinajstić information content (AvgIpc) is 3.46. The molecule has 0 fully saturated rings. The molecule has 0 saturated heterocycles. The Hall–Kier alpha value is -4.47. The lowest BCUT2D eigenvalue weighted by Crippen LogP contribution is -2.29. The molecule has 10 nitrogen and oxygen atoms in total. The SMILES string of the molecule is Cc1cc(-c2c(-c3ccccc3)nc(N)n3c(=O)n(CCN(C)c4cn[nH]c4)nc23)cc(C)n1. The van der Waals surface area contributed by atoms with Crippen molar-refractivity contribution in [2.24, 2.45) is 0 Å². The summed E-state index contributed by atoms with van der Waals surface area (Å²) in [5, 5.41) is 11.5. The van der Waals surface area contributed by atoms with Gasteiger partial charge in [0.05, 0.1) is 29.7 Å². The summed E-state index contributed by atoms with van der Waals surface area (Å²) in [5.41, 5.74) is 12.3. The highest BCUT2D eigenvalue weighted by atomic mass is 16.2. The van der Waals surface area contributed by atoms with Crippen LogP contribution in [0.15, 0.2) is 59.7 Å². The molecule has 0 unspecified atom stereocenters. The van der Waals surface area contributed by atoms with E-state index >= 15 is 0 Å². The van der Waals surface area contributed by atoms with Crippen LogP contribution in [0.1, 0.15) is 11.4 Å². The Kier molecular flexibility index (Phi) is 5.33. The van der Waals surface area contributed by atoms with E-state index in [0.29, 0.717) is 24.4 Å². The van der Waals surface area contributed by atoms with Crippen LogP contribution in [-0.2, 0) is 6.54 Å². The van der Waals surface area contributed by atoms with Crippen LogP contribution in [0.4, 0.5) is 11.6 Å². The number of benzene rings is 1. The number of rotatable bonds is 6. The molecule has 10 heteroatoms. The zero-order chi connectivity index (χ0) is 23.8. The van der Waals surface area contributed by atoms with Crippen molar-refractivity contribution >= 4 is 17.3 Å². The number of aryl methyl sites for hydroxylation is 2. The lowest BCUT2D eigenvalue weighted by molar-refractivity contribution is 0.591. The van der Waals surface area contributed by atoms with Crippen LogP contribution in [0.5, 0.6) is 0 Å². The van der Waals surface area contributed by atoms with Crippen LogP contribution < -0.4 is 16.3 Å². The van der Waals surface area contributed by atoms with Gasteiger partial charge in [-0.05, 0) is 31.5 Å². The van der Waals surface area contributed by atoms with Gasteiger partial charge in [0.15, 0.2) is 5.65 Å². The predicted molar refractivity (Wildman–Crippen MR) is 132 cm³/mol. The Morgan fingerprint density at radius 3 is 2.47 bits per heavy atom. The fourth-order valence-corrected chi connectivity index (χ4v) is 4.12. The van der Waals surface area contributed by atoms with Crippen molar-refractivity contribution in [2.45, 2.75) is 20.4 Å². The standard InChI is InChI=1S/C24H25N9O/c1-15-11-18(12-16(2)28-15)20-21(17-7-5-4-6-8-17)29-23(25)33-22(20)30-32(24(33)34)10-9-31(3)19-13-26-27-14-19/h4-8,11-14H,9-10H2,1-3H3,(H2,25,29)(H,26,27). The summed E-state index contributed by atoms with van der Waals surface area (Å²) in [4.78, 5) is 24.5. The minimum atomic E-state index is -0.330. The minimum Gasteiger partial charge on any atom is -0.370 e. The first-order valence-corrected chi connectivity index (χ1v) is 10.9. The summed E-state index contributed by atoms with van der Waals surface area (Å²) in [5.74, 6) is 0.0968. The lowest BCUT2D eigenvalue weighted by atomic mass is 9.99. The van der Waals surface area contributed by atoms with Crippen LogP contribution in [0.25, 0.3) is 28.0 Å². The van der Waals surface area contributed by atoms with Crippen molar-refractivity contribution in [3.8, 4) is 22.4 Å². The van der Waals surface area contributed by atoms with Crippen molar-refractivity contribution < 1.29 is 0 Å². The first kappa shape index (κ1) is 21.4. The lowest BCUT2D eigenvalue weighted by Gasteiger charge is -2.15. The number of nitrogen functional groups attached to an aromatic ring is 1. The Morgan fingerprint density at radius 1 is 1.06 bits per heavy atom. The number of pyridine rings is 1. The van der Waals surface area contributed by atoms with Crippen LogP contribution >= 0.6 is 0 Å². The van der Waals surface area contributed by atoms with E-state index in [9.17, 15) is 4.79 Å². The van der Waals surface area contributed by atoms with Crippen molar-refractivity contribution in [3.05, 3.63) is 76.7 Å². The first-order valence-electron chi connectivity index (χ1n) is 10.9. The molecular weight excluding hydrogens is 430 g/mol. The second-order valence-electron chi connectivity index (χ2n) is 8.24. The van der Waals surface area contributed by atoms with E-state index in [4.69, 9.17) is 10.8 Å². The highest BCUT2D eigenvalue weighted by molar-refractivity contribution is 5.90. The quantitative estimate of drug-likeness (QED) is 0.403. The Bertz CT molecular complexity index is 1500. The fraction of sp³-hybridized carbons (Fsp3) is 0.208. The molecule has 5 rings (SSSR count). The van der Waals surface area contributed by atoms with Crippen LogP contribution in [-0.4, -0.2) is 47.9 Å². The van der Waals surface area contributed by atoms with Gasteiger partial charge in [-0.15, -0.1) is 5.10 Å². The van der Waals surface area contributed by atoms with Gasteiger partial charge in [-0.2, -0.15) is 5.10 Å².